The average molecular weight is 234 g/mol. The Balaban J connectivity index is 1.84. The van der Waals surface area contributed by atoms with E-state index >= 15 is 0 Å². The number of hydrogen-bond donors (Lipinski definition) is 1. The molecule has 0 saturated heterocycles. The van der Waals surface area contributed by atoms with Gasteiger partial charge in [-0.15, -0.1) is 0 Å². The fourth-order valence-corrected chi connectivity index (χ4v) is 4.78. The normalized spacial score (nSPS) is 36.8. The van der Waals surface area contributed by atoms with Gasteiger partial charge in [-0.2, -0.15) is 11.8 Å². The molecule has 2 fully saturated rings. The van der Waals surface area contributed by atoms with Gasteiger partial charge in [-0.3, -0.25) is 0 Å². The van der Waals surface area contributed by atoms with Crippen molar-refractivity contribution in [2.75, 3.05) is 6.26 Å². The minimum Gasteiger partial charge on any atom is -0.508 e. The van der Waals surface area contributed by atoms with Crippen molar-refractivity contribution in [3.05, 3.63) is 29.8 Å². The summed E-state index contributed by atoms with van der Waals surface area (Å²) < 4.78 is 0. The summed E-state index contributed by atoms with van der Waals surface area (Å²) in [6, 6.07) is 7.88. The molecule has 2 saturated carbocycles. The van der Waals surface area contributed by atoms with E-state index in [-0.39, 0.29) is 0 Å². The first-order valence-corrected chi connectivity index (χ1v) is 7.38. The maximum absolute atomic E-state index is 9.33. The Hall–Kier alpha value is -0.630. The number of fused-ring (bicyclic) bond motifs is 2. The predicted octanol–water partition coefficient (Wildman–Crippen LogP) is 3.64. The highest BCUT2D eigenvalue weighted by Crippen LogP contribution is 2.56. The molecule has 1 N–H and O–H groups in total. The van der Waals surface area contributed by atoms with Crippen molar-refractivity contribution in [3.63, 3.8) is 0 Å². The molecule has 0 spiro atoms. The van der Waals surface area contributed by atoms with Crippen LogP contribution < -0.4 is 0 Å². The van der Waals surface area contributed by atoms with Crippen LogP contribution in [0.15, 0.2) is 24.3 Å². The fourth-order valence-electron chi connectivity index (χ4n) is 3.66. The first-order valence-electron chi connectivity index (χ1n) is 6.09. The van der Waals surface area contributed by atoms with Gasteiger partial charge in [-0.05, 0) is 61.0 Å². The van der Waals surface area contributed by atoms with E-state index in [0.29, 0.717) is 5.75 Å². The Morgan fingerprint density at radius 1 is 1.12 bits per heavy atom. The van der Waals surface area contributed by atoms with Crippen molar-refractivity contribution in [1.82, 2.24) is 0 Å². The van der Waals surface area contributed by atoms with E-state index < -0.39 is 0 Å². The van der Waals surface area contributed by atoms with E-state index in [1.54, 1.807) is 0 Å². The van der Waals surface area contributed by atoms with Crippen molar-refractivity contribution in [1.29, 1.82) is 0 Å². The number of thioether (sulfide) groups is 1. The van der Waals surface area contributed by atoms with Crippen LogP contribution in [0.2, 0.25) is 0 Å². The second kappa shape index (κ2) is 3.99. The number of aromatic hydroxyl groups is 1. The first kappa shape index (κ1) is 10.5. The number of phenolic OH excluding ortho intramolecular Hbond substituents is 1. The topological polar surface area (TPSA) is 20.2 Å². The van der Waals surface area contributed by atoms with Gasteiger partial charge in [0.2, 0.25) is 0 Å². The molecular formula is C14H18OS. The van der Waals surface area contributed by atoms with E-state index in [2.05, 4.69) is 18.4 Å². The van der Waals surface area contributed by atoms with E-state index in [1.165, 1.54) is 24.8 Å². The molecule has 4 atom stereocenters. The van der Waals surface area contributed by atoms with Crippen LogP contribution in [-0.2, 0) is 0 Å². The molecule has 2 aliphatic rings. The standard InChI is InChI=1S/C14H18OS/c1-16-14-8-9-6-12(13(14)7-9)10-2-4-11(15)5-3-10/h2-5,9,12-15H,6-8H2,1H3/t9-,12-,13-,14-/m1/s1. The van der Waals surface area contributed by atoms with Gasteiger partial charge in [0, 0.05) is 5.25 Å². The van der Waals surface area contributed by atoms with Crippen LogP contribution >= 0.6 is 11.8 Å². The molecule has 0 heterocycles. The van der Waals surface area contributed by atoms with Gasteiger partial charge in [0.05, 0.1) is 0 Å². The summed E-state index contributed by atoms with van der Waals surface area (Å²) in [6.07, 6.45) is 6.48. The summed E-state index contributed by atoms with van der Waals surface area (Å²) in [5.74, 6) is 2.97. The molecule has 86 valence electrons. The van der Waals surface area contributed by atoms with Gasteiger partial charge in [0.1, 0.15) is 5.75 Å². The molecule has 1 aromatic carbocycles. The lowest BCUT2D eigenvalue weighted by atomic mass is 9.83. The lowest BCUT2D eigenvalue weighted by molar-refractivity contribution is 0.430. The van der Waals surface area contributed by atoms with Crippen LogP contribution in [0.4, 0.5) is 0 Å². The van der Waals surface area contributed by atoms with Gasteiger partial charge < -0.3 is 5.11 Å². The highest BCUT2D eigenvalue weighted by Gasteiger charge is 2.46. The Morgan fingerprint density at radius 3 is 2.50 bits per heavy atom. The highest BCUT2D eigenvalue weighted by atomic mass is 32.2. The molecule has 2 bridgehead atoms. The second-order valence-electron chi connectivity index (χ2n) is 5.21. The summed E-state index contributed by atoms with van der Waals surface area (Å²) >= 11 is 2.05. The molecule has 2 heteroatoms. The fraction of sp³-hybridized carbons (Fsp3) is 0.571. The van der Waals surface area contributed by atoms with Crippen LogP contribution in [0.3, 0.4) is 0 Å². The minimum absolute atomic E-state index is 0.383. The zero-order valence-electron chi connectivity index (χ0n) is 9.60. The van der Waals surface area contributed by atoms with E-state index in [4.69, 9.17) is 0 Å². The summed E-state index contributed by atoms with van der Waals surface area (Å²) in [6.45, 7) is 0. The number of benzene rings is 1. The van der Waals surface area contributed by atoms with Crippen LogP contribution in [0, 0.1) is 11.8 Å². The van der Waals surface area contributed by atoms with Crippen molar-refractivity contribution in [2.24, 2.45) is 11.8 Å². The molecule has 2 aliphatic carbocycles. The number of rotatable bonds is 2. The van der Waals surface area contributed by atoms with Crippen molar-refractivity contribution in [3.8, 4) is 5.75 Å². The molecule has 0 aromatic heterocycles. The summed E-state index contributed by atoms with van der Waals surface area (Å²) in [5, 5.41) is 10.2. The smallest absolute Gasteiger partial charge is 0.115 e. The Bertz CT molecular complexity index is 373. The summed E-state index contributed by atoms with van der Waals surface area (Å²) in [5.41, 5.74) is 1.43. The molecule has 0 unspecified atom stereocenters. The molecule has 1 nitrogen and oxygen atoms in total. The zero-order valence-corrected chi connectivity index (χ0v) is 10.4. The number of phenols is 1. The maximum Gasteiger partial charge on any atom is 0.115 e. The van der Waals surface area contributed by atoms with Gasteiger partial charge in [0.25, 0.3) is 0 Å². The first-order chi connectivity index (χ1) is 7.78. The zero-order chi connectivity index (χ0) is 11.1. The highest BCUT2D eigenvalue weighted by molar-refractivity contribution is 7.99. The molecule has 3 rings (SSSR count). The quantitative estimate of drug-likeness (QED) is 0.843. The summed E-state index contributed by atoms with van der Waals surface area (Å²) in [4.78, 5) is 0. The lowest BCUT2D eigenvalue weighted by Crippen LogP contribution is -2.20. The predicted molar refractivity (Wildman–Crippen MR) is 69.0 cm³/mol. The Labute approximate surface area is 101 Å². The van der Waals surface area contributed by atoms with E-state index in [0.717, 1.165) is 23.0 Å². The molecular weight excluding hydrogens is 216 g/mol. The van der Waals surface area contributed by atoms with Crippen molar-refractivity contribution < 1.29 is 5.11 Å². The van der Waals surface area contributed by atoms with E-state index in [1.807, 2.05) is 23.9 Å². The summed E-state index contributed by atoms with van der Waals surface area (Å²) in [7, 11) is 0. The largest absolute Gasteiger partial charge is 0.508 e. The third kappa shape index (κ3) is 1.64. The third-order valence-corrected chi connectivity index (χ3v) is 5.52. The molecule has 0 radical (unpaired) electrons. The Kier molecular flexibility index (Phi) is 2.62. The lowest BCUT2D eigenvalue weighted by Gasteiger charge is -2.28. The second-order valence-corrected chi connectivity index (χ2v) is 6.29. The van der Waals surface area contributed by atoms with Gasteiger partial charge in [-0.25, -0.2) is 0 Å². The maximum atomic E-state index is 9.33. The van der Waals surface area contributed by atoms with E-state index in [9.17, 15) is 5.11 Å². The molecule has 16 heavy (non-hydrogen) atoms. The van der Waals surface area contributed by atoms with Crippen LogP contribution in [0.25, 0.3) is 0 Å². The molecule has 0 aliphatic heterocycles. The van der Waals surface area contributed by atoms with Crippen LogP contribution in [-0.4, -0.2) is 16.6 Å². The Morgan fingerprint density at radius 2 is 1.88 bits per heavy atom. The number of hydrogen-bond acceptors (Lipinski definition) is 2. The van der Waals surface area contributed by atoms with Crippen molar-refractivity contribution in [2.45, 2.75) is 30.4 Å². The van der Waals surface area contributed by atoms with Gasteiger partial charge >= 0.3 is 0 Å². The molecule has 0 amide bonds. The van der Waals surface area contributed by atoms with Crippen LogP contribution in [0.5, 0.6) is 5.75 Å². The van der Waals surface area contributed by atoms with Gasteiger partial charge in [-0.1, -0.05) is 12.1 Å². The minimum atomic E-state index is 0.383. The SMILES string of the molecule is CS[C@@H]1C[C@H]2C[C@@H]1[C@@H](c1ccc(O)cc1)C2. The monoisotopic (exact) mass is 234 g/mol. The third-order valence-electron chi connectivity index (χ3n) is 4.38. The van der Waals surface area contributed by atoms with Crippen LogP contribution in [0.1, 0.15) is 30.7 Å². The molecule has 1 aromatic rings. The van der Waals surface area contributed by atoms with Gasteiger partial charge in [0.15, 0.2) is 0 Å². The average Bonchev–Trinajstić information content (AvgIpc) is 2.89. The van der Waals surface area contributed by atoms with Crippen molar-refractivity contribution >= 4 is 11.8 Å².